The molecule has 0 spiro atoms. The van der Waals surface area contributed by atoms with Gasteiger partial charge in [-0.25, -0.2) is 19.3 Å². The summed E-state index contributed by atoms with van der Waals surface area (Å²) in [5.41, 5.74) is 2.59. The molecule has 11 heteroatoms. The lowest BCUT2D eigenvalue weighted by atomic mass is 9.96. The second kappa shape index (κ2) is 8.77. The quantitative estimate of drug-likeness (QED) is 0.417. The minimum atomic E-state index is -0.526. The Morgan fingerprint density at radius 2 is 2.27 bits per heavy atom. The fourth-order valence-electron chi connectivity index (χ4n) is 4.44. The van der Waals surface area contributed by atoms with E-state index in [1.165, 1.54) is 12.4 Å². The first-order valence-electron chi connectivity index (χ1n) is 10.5. The fraction of sp³-hybridized carbons (Fsp3) is 0.318. The number of fused-ring (bicyclic) bond motifs is 1. The summed E-state index contributed by atoms with van der Waals surface area (Å²) in [7, 11) is 0. The summed E-state index contributed by atoms with van der Waals surface area (Å²) < 4.78 is 16.4. The number of halogens is 2. The number of nitriles is 1. The number of aliphatic hydroxyl groups excluding tert-OH is 1. The maximum atomic E-state index is 14.6. The molecule has 2 N–H and O–H groups in total. The molecule has 5 heterocycles. The molecule has 1 aliphatic rings. The topological polar surface area (TPSA) is 120 Å². The van der Waals surface area contributed by atoms with Crippen molar-refractivity contribution in [3.05, 3.63) is 53.6 Å². The molecule has 33 heavy (non-hydrogen) atoms. The smallest absolute Gasteiger partial charge is 0.166 e. The molecule has 4 aromatic rings. The van der Waals surface area contributed by atoms with Crippen LogP contribution in [0.4, 0.5) is 10.2 Å². The summed E-state index contributed by atoms with van der Waals surface area (Å²) >= 11 is 6.08. The summed E-state index contributed by atoms with van der Waals surface area (Å²) in [4.78, 5) is 17.7. The van der Waals surface area contributed by atoms with Crippen LogP contribution in [0.2, 0.25) is 5.15 Å². The average molecular weight is 467 g/mol. The number of hydrogen-bond acceptors (Lipinski definition) is 7. The number of nitrogens with zero attached hydrogens (tertiary/aromatic N) is 7. The minimum absolute atomic E-state index is 0.0626. The largest absolute Gasteiger partial charge is 0.392 e. The van der Waals surface area contributed by atoms with E-state index in [1.807, 2.05) is 23.4 Å². The van der Waals surface area contributed by atoms with Gasteiger partial charge in [-0.2, -0.15) is 10.4 Å². The Bertz CT molecular complexity index is 1350. The zero-order valence-corrected chi connectivity index (χ0v) is 18.2. The first kappa shape index (κ1) is 21.3. The number of aromatic nitrogens is 6. The van der Waals surface area contributed by atoms with E-state index < -0.39 is 5.82 Å². The zero-order chi connectivity index (χ0) is 22.9. The van der Waals surface area contributed by atoms with E-state index in [4.69, 9.17) is 11.6 Å². The molecule has 1 saturated heterocycles. The van der Waals surface area contributed by atoms with Gasteiger partial charge in [-0.3, -0.25) is 4.68 Å². The SMILES string of the molecule is N#CCC([C@H]1CCN(c2nc(Cl)c(CO)cc2F)C1)n1cc(-c2ncnc3[nH]ccc23)cn1. The van der Waals surface area contributed by atoms with Crippen molar-refractivity contribution in [2.45, 2.75) is 25.5 Å². The maximum Gasteiger partial charge on any atom is 0.166 e. The zero-order valence-electron chi connectivity index (χ0n) is 17.5. The van der Waals surface area contributed by atoms with E-state index in [0.717, 1.165) is 28.7 Å². The molecular weight excluding hydrogens is 447 g/mol. The Morgan fingerprint density at radius 3 is 3.09 bits per heavy atom. The van der Waals surface area contributed by atoms with Gasteiger partial charge in [-0.05, 0) is 18.6 Å². The van der Waals surface area contributed by atoms with E-state index >= 15 is 0 Å². The number of aliphatic hydroxyl groups is 1. The molecule has 1 fully saturated rings. The molecule has 9 nitrogen and oxygen atoms in total. The minimum Gasteiger partial charge on any atom is -0.392 e. The van der Waals surface area contributed by atoms with E-state index in [1.54, 1.807) is 10.9 Å². The number of H-pyrrole nitrogens is 1. The number of rotatable bonds is 6. The Balaban J connectivity index is 1.40. The van der Waals surface area contributed by atoms with Crippen molar-refractivity contribution in [2.75, 3.05) is 18.0 Å². The number of nitrogens with one attached hydrogen (secondary N) is 1. The van der Waals surface area contributed by atoms with Crippen molar-refractivity contribution < 1.29 is 9.50 Å². The van der Waals surface area contributed by atoms with Crippen molar-refractivity contribution in [1.29, 1.82) is 5.26 Å². The van der Waals surface area contributed by atoms with Crippen molar-refractivity contribution in [3.8, 4) is 17.3 Å². The summed E-state index contributed by atoms with van der Waals surface area (Å²) in [5.74, 6) is -0.304. The van der Waals surface area contributed by atoms with Gasteiger partial charge in [0.1, 0.15) is 17.1 Å². The monoisotopic (exact) mass is 466 g/mol. The van der Waals surface area contributed by atoms with E-state index in [0.29, 0.717) is 13.1 Å². The van der Waals surface area contributed by atoms with Crippen LogP contribution in [0.15, 0.2) is 37.1 Å². The Kier molecular flexibility index (Phi) is 5.66. The van der Waals surface area contributed by atoms with Crippen LogP contribution in [0.5, 0.6) is 0 Å². The third-order valence-corrected chi connectivity index (χ3v) is 6.42. The molecule has 4 aromatic heterocycles. The average Bonchev–Trinajstić information content (AvgIpc) is 3.59. The molecular formula is C22H20ClFN8O. The van der Waals surface area contributed by atoms with Gasteiger partial charge in [0.2, 0.25) is 0 Å². The summed E-state index contributed by atoms with van der Waals surface area (Å²) in [5, 5.41) is 24.3. The van der Waals surface area contributed by atoms with Crippen LogP contribution in [-0.4, -0.2) is 47.9 Å². The summed E-state index contributed by atoms with van der Waals surface area (Å²) in [6.07, 6.45) is 7.96. The predicted molar refractivity (Wildman–Crippen MR) is 120 cm³/mol. The van der Waals surface area contributed by atoms with Gasteiger partial charge in [0.25, 0.3) is 0 Å². The van der Waals surface area contributed by atoms with Gasteiger partial charge >= 0.3 is 0 Å². The van der Waals surface area contributed by atoms with Gasteiger partial charge in [0.05, 0.1) is 37.0 Å². The van der Waals surface area contributed by atoms with Gasteiger partial charge in [-0.15, -0.1) is 0 Å². The standard InChI is InChI=1S/C22H20ClFN8O/c23-20-14(11-33)7-17(24)22(30-20)31-6-3-13(9-31)18(1-4-25)32-10-15(8-29-32)19-16-2-5-26-21(16)28-12-27-19/h2,5,7-8,10,12-13,18,33H,1,3,6,9,11H2,(H,26,27,28)/t13-,18?/m0/s1. The molecule has 0 bridgehead atoms. The van der Waals surface area contributed by atoms with Gasteiger partial charge in [-0.1, -0.05) is 11.6 Å². The maximum absolute atomic E-state index is 14.6. The molecule has 1 unspecified atom stereocenters. The molecule has 0 radical (unpaired) electrons. The summed E-state index contributed by atoms with van der Waals surface area (Å²) in [6.45, 7) is 0.712. The second-order valence-corrected chi connectivity index (χ2v) is 8.36. The van der Waals surface area contributed by atoms with E-state index in [9.17, 15) is 14.8 Å². The molecule has 2 atom stereocenters. The normalized spacial score (nSPS) is 16.9. The molecule has 5 rings (SSSR count). The van der Waals surface area contributed by atoms with Crippen molar-refractivity contribution >= 4 is 28.5 Å². The molecule has 1 aliphatic heterocycles. The first-order valence-corrected chi connectivity index (χ1v) is 10.9. The Labute approximate surface area is 193 Å². The Morgan fingerprint density at radius 1 is 1.39 bits per heavy atom. The fourth-order valence-corrected chi connectivity index (χ4v) is 4.63. The van der Waals surface area contributed by atoms with Crippen LogP contribution in [0, 0.1) is 23.1 Å². The highest BCUT2D eigenvalue weighted by molar-refractivity contribution is 6.30. The highest BCUT2D eigenvalue weighted by atomic mass is 35.5. The van der Waals surface area contributed by atoms with Crippen LogP contribution in [0.3, 0.4) is 0 Å². The van der Waals surface area contributed by atoms with E-state index in [2.05, 4.69) is 31.1 Å². The molecule has 0 saturated carbocycles. The highest BCUT2D eigenvalue weighted by Crippen LogP contribution is 2.35. The second-order valence-electron chi connectivity index (χ2n) is 8.00. The number of pyridine rings is 1. The first-order chi connectivity index (χ1) is 16.1. The lowest BCUT2D eigenvalue weighted by Gasteiger charge is -2.23. The highest BCUT2D eigenvalue weighted by Gasteiger charge is 2.33. The van der Waals surface area contributed by atoms with Crippen LogP contribution in [0.1, 0.15) is 24.4 Å². The molecule has 0 aromatic carbocycles. The van der Waals surface area contributed by atoms with Crippen molar-refractivity contribution in [1.82, 2.24) is 29.7 Å². The molecule has 0 aliphatic carbocycles. The lowest BCUT2D eigenvalue weighted by molar-refractivity contribution is 0.281. The van der Waals surface area contributed by atoms with Crippen molar-refractivity contribution in [2.24, 2.45) is 5.92 Å². The van der Waals surface area contributed by atoms with Crippen molar-refractivity contribution in [3.63, 3.8) is 0 Å². The van der Waals surface area contributed by atoms with Crippen LogP contribution < -0.4 is 4.90 Å². The van der Waals surface area contributed by atoms with Gasteiger partial charge in [0.15, 0.2) is 11.6 Å². The van der Waals surface area contributed by atoms with Gasteiger partial charge < -0.3 is 15.0 Å². The lowest BCUT2D eigenvalue weighted by Crippen LogP contribution is -2.26. The number of anilines is 1. The third kappa shape index (κ3) is 3.90. The van der Waals surface area contributed by atoms with E-state index in [-0.39, 0.29) is 41.5 Å². The third-order valence-electron chi connectivity index (χ3n) is 6.09. The van der Waals surface area contributed by atoms with Crippen LogP contribution in [-0.2, 0) is 6.61 Å². The molecule has 0 amide bonds. The molecule has 168 valence electrons. The van der Waals surface area contributed by atoms with Crippen LogP contribution in [0.25, 0.3) is 22.3 Å². The summed E-state index contributed by atoms with van der Waals surface area (Å²) in [6, 6.07) is 5.20. The Hall–Kier alpha value is -3.55. The number of hydrogen-bond donors (Lipinski definition) is 2. The van der Waals surface area contributed by atoms with Crippen LogP contribution >= 0.6 is 11.6 Å². The predicted octanol–water partition coefficient (Wildman–Crippen LogP) is 3.48. The number of aromatic amines is 1. The van der Waals surface area contributed by atoms with Gasteiger partial charge in [0, 0.05) is 47.9 Å².